The van der Waals surface area contributed by atoms with Gasteiger partial charge >= 0.3 is 0 Å². The normalized spacial score (nSPS) is 11.9. The van der Waals surface area contributed by atoms with Crippen LogP contribution in [0.2, 0.25) is 0 Å². The van der Waals surface area contributed by atoms with Crippen molar-refractivity contribution in [1.82, 2.24) is 14.5 Å². The van der Waals surface area contributed by atoms with Crippen molar-refractivity contribution in [3.8, 4) is 22.1 Å². The molecule has 8 nitrogen and oxygen atoms in total. The van der Waals surface area contributed by atoms with E-state index in [1.54, 1.807) is 48.9 Å². The molecule has 0 radical (unpaired) electrons. The van der Waals surface area contributed by atoms with Gasteiger partial charge in [0.1, 0.15) is 17.4 Å². The Morgan fingerprint density at radius 3 is 2.58 bits per heavy atom. The summed E-state index contributed by atoms with van der Waals surface area (Å²) in [7, 11) is 0. The summed E-state index contributed by atoms with van der Waals surface area (Å²) in [6.07, 6.45) is 3.39. The Morgan fingerprint density at radius 1 is 1.11 bits per heavy atom. The van der Waals surface area contributed by atoms with Gasteiger partial charge in [-0.3, -0.25) is 14.6 Å². The number of aryl methyl sites for hydroxylation is 1. The molecule has 2 amide bonds. The van der Waals surface area contributed by atoms with Crippen LogP contribution in [-0.2, 0) is 16.1 Å². The fourth-order valence-corrected chi connectivity index (χ4v) is 5.31. The maximum atomic E-state index is 15.2. The molecule has 0 bridgehead atoms. The number of carbonyl (C=O) groups is 2. The summed E-state index contributed by atoms with van der Waals surface area (Å²) >= 11 is 1.46. The topological polar surface area (TPSA) is 112 Å². The second-order valence-electron chi connectivity index (χ2n) is 8.58. The summed E-state index contributed by atoms with van der Waals surface area (Å²) in [6.45, 7) is 4.88. The molecule has 0 spiro atoms. The van der Waals surface area contributed by atoms with E-state index in [9.17, 15) is 9.59 Å². The molecular formula is C28H24FN5O3S. The van der Waals surface area contributed by atoms with Crippen LogP contribution in [-0.4, -0.2) is 26.3 Å². The molecule has 2 aromatic carbocycles. The van der Waals surface area contributed by atoms with Crippen LogP contribution in [0.25, 0.3) is 20.8 Å². The number of halogens is 1. The molecule has 0 aliphatic rings. The Kier molecular flexibility index (Phi) is 6.89. The van der Waals surface area contributed by atoms with Crippen LogP contribution >= 0.6 is 11.3 Å². The molecule has 5 rings (SSSR count). The number of hydrogen-bond donors (Lipinski definition) is 2. The first kappa shape index (κ1) is 25.1. The highest BCUT2D eigenvalue weighted by molar-refractivity contribution is 7.22. The molecule has 0 aliphatic carbocycles. The predicted octanol–water partition coefficient (Wildman–Crippen LogP) is 5.63. The predicted molar refractivity (Wildman–Crippen MR) is 145 cm³/mol. The number of anilines is 1. The van der Waals surface area contributed by atoms with Gasteiger partial charge in [-0.15, -0.1) is 11.3 Å². The quantitative estimate of drug-likeness (QED) is 0.253. The third-order valence-electron chi connectivity index (χ3n) is 6.15. The number of thiophene rings is 1. The fourth-order valence-electron chi connectivity index (χ4n) is 4.19. The molecule has 3 heterocycles. The Balaban J connectivity index is 1.42. The van der Waals surface area contributed by atoms with Crippen LogP contribution in [0.15, 0.2) is 73.2 Å². The van der Waals surface area contributed by atoms with Crippen molar-refractivity contribution in [2.75, 3.05) is 5.32 Å². The van der Waals surface area contributed by atoms with Crippen molar-refractivity contribution < 1.29 is 18.7 Å². The van der Waals surface area contributed by atoms with E-state index < -0.39 is 23.5 Å². The van der Waals surface area contributed by atoms with Gasteiger partial charge < -0.3 is 20.4 Å². The maximum Gasteiger partial charge on any atom is 0.241 e. The molecular weight excluding hydrogens is 505 g/mol. The number of benzene rings is 2. The standard InChI is InChI=1S/C28H24FN5O3S/c1-3-34-15-32-25(16(34)2)23-14-20-26(38-23)22(11-12-31-20)37-21-10-9-17(13-19(21)29)24(27(30)35)28(36)33-18-7-5-4-6-8-18/h4-15,24H,3H2,1-2H3,(H2,30,35)(H,33,36). The average Bonchev–Trinajstić information content (AvgIpc) is 3.49. The Labute approximate surface area is 221 Å². The minimum Gasteiger partial charge on any atom is -0.453 e. The number of nitrogens with two attached hydrogens (primary N) is 1. The largest absolute Gasteiger partial charge is 0.453 e. The SMILES string of the molecule is CCn1cnc(-c2cc3nccc(Oc4ccc(C(C(N)=O)C(=O)Nc5ccccc5)cc4F)c3s2)c1C. The third-order valence-corrected chi connectivity index (χ3v) is 7.29. The number of pyridine rings is 1. The van der Waals surface area contributed by atoms with Gasteiger partial charge in [-0.25, -0.2) is 9.37 Å². The van der Waals surface area contributed by atoms with Crippen molar-refractivity contribution in [2.24, 2.45) is 5.73 Å². The second kappa shape index (κ2) is 10.4. The van der Waals surface area contributed by atoms with Gasteiger partial charge in [-0.1, -0.05) is 24.3 Å². The molecule has 38 heavy (non-hydrogen) atoms. The van der Waals surface area contributed by atoms with Crippen LogP contribution in [0.4, 0.5) is 10.1 Å². The molecule has 192 valence electrons. The lowest BCUT2D eigenvalue weighted by Crippen LogP contribution is -2.32. The summed E-state index contributed by atoms with van der Waals surface area (Å²) in [6, 6.07) is 16.2. The molecule has 3 aromatic heterocycles. The molecule has 1 atom stereocenters. The number of imidazole rings is 1. The highest BCUT2D eigenvalue weighted by Crippen LogP contribution is 2.40. The van der Waals surface area contributed by atoms with E-state index in [-0.39, 0.29) is 11.3 Å². The van der Waals surface area contributed by atoms with Crippen LogP contribution in [0, 0.1) is 12.7 Å². The zero-order valence-corrected chi connectivity index (χ0v) is 21.5. The molecule has 1 unspecified atom stereocenters. The number of ether oxygens (including phenoxy) is 1. The minimum atomic E-state index is -1.38. The van der Waals surface area contributed by atoms with Crippen molar-refractivity contribution in [1.29, 1.82) is 0 Å². The first-order valence-electron chi connectivity index (χ1n) is 11.9. The molecule has 0 saturated carbocycles. The number of primary amides is 1. The molecule has 3 N–H and O–H groups in total. The van der Waals surface area contributed by atoms with E-state index >= 15 is 4.39 Å². The number of amides is 2. The molecule has 10 heteroatoms. The monoisotopic (exact) mass is 529 g/mol. The number of nitrogens with one attached hydrogen (secondary N) is 1. The number of carbonyl (C=O) groups excluding carboxylic acids is 2. The lowest BCUT2D eigenvalue weighted by atomic mass is 9.97. The summed E-state index contributed by atoms with van der Waals surface area (Å²) in [5.41, 5.74) is 8.74. The second-order valence-corrected chi connectivity index (χ2v) is 9.63. The number of fused-ring (bicyclic) bond motifs is 1. The maximum absolute atomic E-state index is 15.2. The number of para-hydroxylation sites is 1. The molecule has 0 aliphatic heterocycles. The third kappa shape index (κ3) is 4.85. The Morgan fingerprint density at radius 2 is 1.89 bits per heavy atom. The minimum absolute atomic E-state index is 0.0608. The van der Waals surface area contributed by atoms with Crippen molar-refractivity contribution in [3.63, 3.8) is 0 Å². The lowest BCUT2D eigenvalue weighted by Gasteiger charge is -2.15. The first-order valence-corrected chi connectivity index (χ1v) is 12.7. The summed E-state index contributed by atoms with van der Waals surface area (Å²) in [4.78, 5) is 34.8. The highest BCUT2D eigenvalue weighted by atomic mass is 32.1. The summed E-state index contributed by atoms with van der Waals surface area (Å²) < 4.78 is 23.9. The zero-order valence-electron chi connectivity index (χ0n) is 20.6. The number of aromatic nitrogens is 3. The van der Waals surface area contributed by atoms with E-state index in [0.29, 0.717) is 17.0 Å². The van der Waals surface area contributed by atoms with Crippen LogP contribution in [0.3, 0.4) is 0 Å². The van der Waals surface area contributed by atoms with E-state index in [1.165, 1.54) is 23.5 Å². The molecule has 0 saturated heterocycles. The van der Waals surface area contributed by atoms with Crippen molar-refractivity contribution in [2.45, 2.75) is 26.3 Å². The van der Waals surface area contributed by atoms with Gasteiger partial charge in [0.25, 0.3) is 0 Å². The fraction of sp³-hybridized carbons (Fsp3) is 0.143. The first-order chi connectivity index (χ1) is 18.4. The zero-order chi connectivity index (χ0) is 26.8. The van der Waals surface area contributed by atoms with Gasteiger partial charge in [-0.05, 0) is 49.7 Å². The van der Waals surface area contributed by atoms with Crippen molar-refractivity contribution >= 4 is 39.1 Å². The highest BCUT2D eigenvalue weighted by Gasteiger charge is 2.28. The van der Waals surface area contributed by atoms with Crippen LogP contribution < -0.4 is 15.8 Å². The van der Waals surface area contributed by atoms with Crippen LogP contribution in [0.1, 0.15) is 24.1 Å². The van der Waals surface area contributed by atoms with Gasteiger partial charge in [0.2, 0.25) is 11.8 Å². The van der Waals surface area contributed by atoms with E-state index in [4.69, 9.17) is 10.5 Å². The Bertz CT molecular complexity index is 1650. The number of rotatable bonds is 8. The smallest absolute Gasteiger partial charge is 0.241 e. The lowest BCUT2D eigenvalue weighted by molar-refractivity contribution is -0.127. The van der Waals surface area contributed by atoms with Crippen LogP contribution in [0.5, 0.6) is 11.5 Å². The summed E-state index contributed by atoms with van der Waals surface area (Å²) in [5.74, 6) is -3.29. The van der Waals surface area contributed by atoms with E-state index in [0.717, 1.165) is 33.6 Å². The summed E-state index contributed by atoms with van der Waals surface area (Å²) in [5, 5.41) is 2.64. The van der Waals surface area contributed by atoms with Crippen molar-refractivity contribution in [3.05, 3.63) is 90.3 Å². The van der Waals surface area contributed by atoms with Gasteiger partial charge in [0.05, 0.1) is 21.4 Å². The van der Waals surface area contributed by atoms with E-state index in [1.807, 2.05) is 13.0 Å². The van der Waals surface area contributed by atoms with E-state index in [2.05, 4.69) is 26.8 Å². The average molecular weight is 530 g/mol. The van der Waals surface area contributed by atoms with Gasteiger partial charge in [-0.2, -0.15) is 0 Å². The Hall–Kier alpha value is -4.57. The van der Waals surface area contributed by atoms with Gasteiger partial charge in [0, 0.05) is 30.2 Å². The van der Waals surface area contributed by atoms with Gasteiger partial charge in [0.15, 0.2) is 11.6 Å². The molecule has 5 aromatic rings. The number of hydrogen-bond acceptors (Lipinski definition) is 6. The molecule has 0 fully saturated rings. The number of nitrogens with zero attached hydrogens (tertiary/aromatic N) is 3.